The number of nitrogens with zero attached hydrogens (tertiary/aromatic N) is 2. The van der Waals surface area contributed by atoms with Crippen LogP contribution in [0.3, 0.4) is 0 Å². The Labute approximate surface area is 138 Å². The van der Waals surface area contributed by atoms with Crippen LogP contribution in [0, 0.1) is 5.92 Å². The number of nitrogens with two attached hydrogens (primary N) is 1. The third kappa shape index (κ3) is 6.52. The lowest BCUT2D eigenvalue weighted by atomic mass is 9.89. The molecule has 0 saturated heterocycles. The van der Waals surface area contributed by atoms with Crippen molar-refractivity contribution in [2.75, 3.05) is 25.0 Å². The summed E-state index contributed by atoms with van der Waals surface area (Å²) in [4.78, 5) is 20.7. The van der Waals surface area contributed by atoms with Gasteiger partial charge in [-0.3, -0.25) is 9.78 Å². The van der Waals surface area contributed by atoms with Crippen molar-refractivity contribution in [1.82, 2.24) is 15.3 Å². The molecule has 4 N–H and O–H groups in total. The van der Waals surface area contributed by atoms with Crippen LogP contribution in [0.15, 0.2) is 12.4 Å². The molecule has 1 fully saturated rings. The molecule has 1 heterocycles. The zero-order valence-corrected chi connectivity index (χ0v) is 13.9. The Morgan fingerprint density at radius 2 is 2.00 bits per heavy atom. The molecule has 1 aromatic rings. The monoisotopic (exact) mass is 319 g/mol. The van der Waals surface area contributed by atoms with Gasteiger partial charge in [0.2, 0.25) is 0 Å². The van der Waals surface area contributed by atoms with Gasteiger partial charge in [-0.2, -0.15) is 0 Å². The summed E-state index contributed by atoms with van der Waals surface area (Å²) in [6.07, 6.45) is 12.7. The van der Waals surface area contributed by atoms with Crippen LogP contribution in [-0.2, 0) is 0 Å². The molecule has 6 nitrogen and oxygen atoms in total. The highest BCUT2D eigenvalue weighted by atomic mass is 16.1. The van der Waals surface area contributed by atoms with E-state index in [0.29, 0.717) is 17.4 Å². The topological polar surface area (TPSA) is 92.9 Å². The van der Waals surface area contributed by atoms with Crippen molar-refractivity contribution in [3.8, 4) is 0 Å². The summed E-state index contributed by atoms with van der Waals surface area (Å²) >= 11 is 0. The molecule has 0 radical (unpaired) electrons. The largest absolute Gasteiger partial charge is 0.369 e. The molecular formula is C17H29N5O. The van der Waals surface area contributed by atoms with E-state index < -0.39 is 0 Å². The summed E-state index contributed by atoms with van der Waals surface area (Å²) in [5.41, 5.74) is 5.85. The summed E-state index contributed by atoms with van der Waals surface area (Å²) < 4.78 is 0. The van der Waals surface area contributed by atoms with Crippen LogP contribution in [0.2, 0.25) is 0 Å². The molecule has 1 aliphatic carbocycles. The number of hydrogen-bond donors (Lipinski definition) is 3. The Morgan fingerprint density at radius 1 is 1.17 bits per heavy atom. The SMILES string of the molecule is NCCCCCNc1cncc(C(=O)NCC2CCCCC2)n1. The molecule has 0 unspecified atom stereocenters. The molecule has 1 aliphatic rings. The average Bonchev–Trinajstić information content (AvgIpc) is 2.60. The first kappa shape index (κ1) is 17.7. The van der Waals surface area contributed by atoms with Crippen LogP contribution >= 0.6 is 0 Å². The molecule has 1 saturated carbocycles. The maximum Gasteiger partial charge on any atom is 0.271 e. The van der Waals surface area contributed by atoms with E-state index in [0.717, 1.165) is 38.9 Å². The Morgan fingerprint density at radius 3 is 2.78 bits per heavy atom. The first-order chi connectivity index (χ1) is 11.3. The lowest BCUT2D eigenvalue weighted by Gasteiger charge is -2.21. The molecular weight excluding hydrogens is 290 g/mol. The second kappa shape index (κ2) is 10.2. The molecule has 0 spiro atoms. The van der Waals surface area contributed by atoms with Gasteiger partial charge in [0, 0.05) is 13.1 Å². The number of hydrogen-bond acceptors (Lipinski definition) is 5. The highest BCUT2D eigenvalue weighted by Crippen LogP contribution is 2.22. The Balaban J connectivity index is 1.75. The summed E-state index contributed by atoms with van der Waals surface area (Å²) in [5, 5.41) is 6.21. The molecule has 0 aromatic carbocycles. The van der Waals surface area contributed by atoms with Crippen LogP contribution in [-0.4, -0.2) is 35.5 Å². The van der Waals surface area contributed by atoms with E-state index in [-0.39, 0.29) is 5.91 Å². The second-order valence-corrected chi connectivity index (χ2v) is 6.28. The molecule has 128 valence electrons. The normalized spacial score (nSPS) is 15.3. The fourth-order valence-electron chi connectivity index (χ4n) is 2.94. The molecule has 1 aromatic heterocycles. The number of amides is 1. The first-order valence-corrected chi connectivity index (χ1v) is 8.84. The van der Waals surface area contributed by atoms with Crippen molar-refractivity contribution in [3.05, 3.63) is 18.1 Å². The Bertz CT molecular complexity index is 474. The van der Waals surface area contributed by atoms with Crippen LogP contribution in [0.4, 0.5) is 5.82 Å². The van der Waals surface area contributed by atoms with Gasteiger partial charge in [0.25, 0.3) is 5.91 Å². The number of carbonyl (C=O) groups is 1. The quantitative estimate of drug-likeness (QED) is 0.607. The third-order valence-electron chi connectivity index (χ3n) is 4.33. The van der Waals surface area contributed by atoms with Crippen LogP contribution in [0.25, 0.3) is 0 Å². The van der Waals surface area contributed by atoms with Gasteiger partial charge in [-0.25, -0.2) is 4.98 Å². The van der Waals surface area contributed by atoms with Crippen LogP contribution in [0.1, 0.15) is 61.9 Å². The zero-order chi connectivity index (χ0) is 16.3. The van der Waals surface area contributed by atoms with Gasteiger partial charge in [-0.05, 0) is 38.1 Å². The van der Waals surface area contributed by atoms with E-state index >= 15 is 0 Å². The number of carbonyl (C=O) groups excluding carboxylic acids is 1. The van der Waals surface area contributed by atoms with E-state index in [4.69, 9.17) is 5.73 Å². The summed E-state index contributed by atoms with van der Waals surface area (Å²) in [5.74, 6) is 1.14. The number of unbranched alkanes of at least 4 members (excludes halogenated alkanes) is 2. The highest BCUT2D eigenvalue weighted by Gasteiger charge is 2.15. The predicted molar refractivity (Wildman–Crippen MR) is 92.3 cm³/mol. The van der Waals surface area contributed by atoms with Gasteiger partial charge < -0.3 is 16.4 Å². The van der Waals surface area contributed by atoms with Crippen molar-refractivity contribution in [2.24, 2.45) is 11.7 Å². The molecule has 0 aliphatic heterocycles. The van der Waals surface area contributed by atoms with Gasteiger partial charge in [-0.1, -0.05) is 25.7 Å². The number of anilines is 1. The number of aromatic nitrogens is 2. The van der Waals surface area contributed by atoms with E-state index in [9.17, 15) is 4.79 Å². The summed E-state index contributed by atoms with van der Waals surface area (Å²) in [6, 6.07) is 0. The van der Waals surface area contributed by atoms with Crippen molar-refractivity contribution in [2.45, 2.75) is 51.4 Å². The smallest absolute Gasteiger partial charge is 0.271 e. The van der Waals surface area contributed by atoms with Crippen LogP contribution < -0.4 is 16.4 Å². The maximum absolute atomic E-state index is 12.2. The first-order valence-electron chi connectivity index (χ1n) is 8.84. The van der Waals surface area contributed by atoms with E-state index in [2.05, 4.69) is 20.6 Å². The minimum Gasteiger partial charge on any atom is -0.369 e. The molecule has 2 rings (SSSR count). The van der Waals surface area contributed by atoms with E-state index in [1.54, 1.807) is 6.20 Å². The predicted octanol–water partition coefficient (Wildman–Crippen LogP) is 2.33. The Kier molecular flexibility index (Phi) is 7.80. The van der Waals surface area contributed by atoms with Crippen molar-refractivity contribution < 1.29 is 4.79 Å². The van der Waals surface area contributed by atoms with Gasteiger partial charge in [0.05, 0.1) is 12.4 Å². The fraction of sp³-hybridized carbons (Fsp3) is 0.706. The third-order valence-corrected chi connectivity index (χ3v) is 4.33. The van der Waals surface area contributed by atoms with Gasteiger partial charge in [-0.15, -0.1) is 0 Å². The number of rotatable bonds is 9. The lowest BCUT2D eigenvalue weighted by Crippen LogP contribution is -2.31. The minimum atomic E-state index is -0.130. The summed E-state index contributed by atoms with van der Waals surface area (Å²) in [6.45, 7) is 2.30. The minimum absolute atomic E-state index is 0.130. The molecule has 0 atom stereocenters. The average molecular weight is 319 g/mol. The second-order valence-electron chi connectivity index (χ2n) is 6.28. The molecule has 0 bridgehead atoms. The van der Waals surface area contributed by atoms with Crippen LogP contribution in [0.5, 0.6) is 0 Å². The fourth-order valence-corrected chi connectivity index (χ4v) is 2.94. The van der Waals surface area contributed by atoms with Crippen molar-refractivity contribution in [3.63, 3.8) is 0 Å². The lowest BCUT2D eigenvalue weighted by molar-refractivity contribution is 0.0938. The van der Waals surface area contributed by atoms with Gasteiger partial charge in [0.1, 0.15) is 11.5 Å². The van der Waals surface area contributed by atoms with E-state index in [1.165, 1.54) is 38.3 Å². The molecule has 23 heavy (non-hydrogen) atoms. The molecule has 6 heteroatoms. The van der Waals surface area contributed by atoms with E-state index in [1.807, 2.05) is 0 Å². The van der Waals surface area contributed by atoms with Crippen molar-refractivity contribution >= 4 is 11.7 Å². The van der Waals surface area contributed by atoms with Gasteiger partial charge >= 0.3 is 0 Å². The Hall–Kier alpha value is -1.69. The zero-order valence-electron chi connectivity index (χ0n) is 13.9. The highest BCUT2D eigenvalue weighted by molar-refractivity contribution is 5.92. The molecule has 1 amide bonds. The number of nitrogens with one attached hydrogen (secondary N) is 2. The van der Waals surface area contributed by atoms with Crippen molar-refractivity contribution in [1.29, 1.82) is 0 Å². The maximum atomic E-state index is 12.2. The summed E-state index contributed by atoms with van der Waals surface area (Å²) in [7, 11) is 0. The van der Waals surface area contributed by atoms with Gasteiger partial charge in [0.15, 0.2) is 0 Å². The standard InChI is InChI=1S/C17H29N5O/c18-9-5-2-6-10-20-16-13-19-12-15(22-16)17(23)21-11-14-7-3-1-4-8-14/h12-14H,1-11,18H2,(H,20,22)(H,21,23).